The molecule has 0 radical (unpaired) electrons. The van der Waals surface area contributed by atoms with E-state index in [2.05, 4.69) is 38.1 Å². The summed E-state index contributed by atoms with van der Waals surface area (Å²) < 4.78 is 11.3. The van der Waals surface area contributed by atoms with E-state index in [0.29, 0.717) is 37.2 Å². The lowest BCUT2D eigenvalue weighted by atomic mass is 9.82. The number of carbonyl (C=O) groups excluding carboxylic acids is 2. The van der Waals surface area contributed by atoms with Gasteiger partial charge in [-0.1, -0.05) is 89.5 Å². The fraction of sp³-hybridized carbons (Fsp3) is 0.588. The highest BCUT2D eigenvalue weighted by atomic mass is 16.5. The minimum absolute atomic E-state index is 0.158. The second-order valence-electron chi connectivity index (χ2n) is 11.0. The summed E-state index contributed by atoms with van der Waals surface area (Å²) in [6.45, 7) is 4.47. The number of unbranched alkanes of at least 4 members (excludes halogenated alkanes) is 8. The highest BCUT2D eigenvalue weighted by Gasteiger charge is 2.32. The van der Waals surface area contributed by atoms with Crippen molar-refractivity contribution in [3.63, 3.8) is 0 Å². The zero-order chi connectivity index (χ0) is 27.0. The van der Waals surface area contributed by atoms with Gasteiger partial charge < -0.3 is 9.47 Å². The van der Waals surface area contributed by atoms with Gasteiger partial charge in [0.2, 0.25) is 0 Å². The number of ether oxygens (including phenoxy) is 2. The molecule has 4 nitrogen and oxygen atoms in total. The van der Waals surface area contributed by atoms with Crippen LogP contribution in [0.15, 0.2) is 48.5 Å². The van der Waals surface area contributed by atoms with Crippen LogP contribution in [-0.2, 0) is 22.4 Å². The Labute approximate surface area is 230 Å². The first-order chi connectivity index (χ1) is 18.6. The highest BCUT2D eigenvalue weighted by Crippen LogP contribution is 2.31. The third-order valence-electron chi connectivity index (χ3n) is 7.82. The Hall–Kier alpha value is -2.62. The Bertz CT molecular complexity index is 860. The molecule has 1 aliphatic carbocycles. The van der Waals surface area contributed by atoms with Crippen LogP contribution in [0.2, 0.25) is 0 Å². The summed E-state index contributed by atoms with van der Waals surface area (Å²) in [6.07, 6.45) is 17.5. The normalized spacial score (nSPS) is 17.2. The fourth-order valence-corrected chi connectivity index (χ4v) is 5.28. The monoisotopic (exact) mass is 520 g/mol. The van der Waals surface area contributed by atoms with Gasteiger partial charge in [0.1, 0.15) is 11.5 Å². The molecule has 208 valence electrons. The number of benzene rings is 2. The largest absolute Gasteiger partial charge is 0.426 e. The van der Waals surface area contributed by atoms with Gasteiger partial charge in [0, 0.05) is 0 Å². The predicted molar refractivity (Wildman–Crippen MR) is 155 cm³/mol. The van der Waals surface area contributed by atoms with Crippen molar-refractivity contribution in [2.45, 2.75) is 117 Å². The van der Waals surface area contributed by atoms with Crippen molar-refractivity contribution >= 4 is 11.9 Å². The Kier molecular flexibility index (Phi) is 13.4. The molecule has 0 saturated heterocycles. The number of esters is 2. The van der Waals surface area contributed by atoms with Crippen LogP contribution >= 0.6 is 0 Å². The van der Waals surface area contributed by atoms with Crippen LogP contribution < -0.4 is 9.47 Å². The first-order valence-electron chi connectivity index (χ1n) is 15.2. The molecule has 0 unspecified atom stereocenters. The molecule has 0 amide bonds. The van der Waals surface area contributed by atoms with Crippen molar-refractivity contribution in [2.24, 2.45) is 11.8 Å². The molecule has 1 aliphatic rings. The van der Waals surface area contributed by atoms with E-state index >= 15 is 0 Å². The molecule has 0 aromatic heterocycles. The van der Waals surface area contributed by atoms with Gasteiger partial charge in [0.05, 0.1) is 11.8 Å². The molecule has 2 aromatic rings. The molecular formula is C34H48O4. The lowest BCUT2D eigenvalue weighted by Gasteiger charge is -2.25. The molecule has 38 heavy (non-hydrogen) atoms. The average molecular weight is 521 g/mol. The Morgan fingerprint density at radius 3 is 1.24 bits per heavy atom. The maximum atomic E-state index is 12.7. The molecule has 0 N–H and O–H groups in total. The number of rotatable bonds is 16. The van der Waals surface area contributed by atoms with E-state index in [4.69, 9.17) is 9.47 Å². The van der Waals surface area contributed by atoms with E-state index in [0.717, 1.165) is 12.8 Å². The predicted octanol–water partition coefficient (Wildman–Crippen LogP) is 9.03. The van der Waals surface area contributed by atoms with E-state index < -0.39 is 0 Å². The molecule has 0 bridgehead atoms. The van der Waals surface area contributed by atoms with Crippen LogP contribution in [0.1, 0.15) is 115 Å². The smallest absolute Gasteiger partial charge is 0.314 e. The topological polar surface area (TPSA) is 52.6 Å². The SMILES string of the molecule is CCCCCCCc1ccc(OC(=O)C2CCC(C(=O)Oc3ccc(CCCCCCC)cc3)CC2)cc1. The van der Waals surface area contributed by atoms with Crippen LogP contribution in [0.5, 0.6) is 11.5 Å². The molecule has 2 aromatic carbocycles. The molecule has 0 heterocycles. The first-order valence-corrected chi connectivity index (χ1v) is 15.2. The van der Waals surface area contributed by atoms with Crippen molar-refractivity contribution in [1.82, 2.24) is 0 Å². The van der Waals surface area contributed by atoms with Crippen molar-refractivity contribution in [2.75, 3.05) is 0 Å². The second kappa shape index (κ2) is 17.1. The first kappa shape index (κ1) is 29.9. The summed E-state index contributed by atoms with van der Waals surface area (Å²) in [7, 11) is 0. The Morgan fingerprint density at radius 2 is 0.895 bits per heavy atom. The van der Waals surface area contributed by atoms with Crippen LogP contribution in [0.3, 0.4) is 0 Å². The summed E-state index contributed by atoms with van der Waals surface area (Å²) in [5.41, 5.74) is 2.58. The van der Waals surface area contributed by atoms with Gasteiger partial charge in [-0.2, -0.15) is 0 Å². The van der Waals surface area contributed by atoms with Crippen molar-refractivity contribution in [1.29, 1.82) is 0 Å². The molecule has 3 rings (SSSR count). The molecule has 0 atom stereocenters. The number of hydrogen-bond acceptors (Lipinski definition) is 4. The van der Waals surface area contributed by atoms with Gasteiger partial charge in [0.25, 0.3) is 0 Å². The third kappa shape index (κ3) is 10.6. The van der Waals surface area contributed by atoms with E-state index in [9.17, 15) is 9.59 Å². The maximum Gasteiger partial charge on any atom is 0.314 e. The molecule has 1 saturated carbocycles. The second-order valence-corrected chi connectivity index (χ2v) is 11.0. The summed E-state index contributed by atoms with van der Waals surface area (Å²) in [4.78, 5) is 25.4. The Morgan fingerprint density at radius 1 is 0.553 bits per heavy atom. The minimum atomic E-state index is -0.186. The van der Waals surface area contributed by atoms with Gasteiger partial charge >= 0.3 is 11.9 Å². The Balaban J connectivity index is 1.34. The average Bonchev–Trinajstić information content (AvgIpc) is 2.94. The number of hydrogen-bond donors (Lipinski definition) is 0. The van der Waals surface area contributed by atoms with Gasteiger partial charge in [-0.3, -0.25) is 9.59 Å². The third-order valence-corrected chi connectivity index (χ3v) is 7.82. The standard InChI is InChI=1S/C34H48O4/c1-3-5-7-9-11-13-27-15-23-31(24-16-27)37-33(35)29-19-21-30(22-20-29)34(36)38-32-25-17-28(18-26-32)14-12-10-8-6-4-2/h15-18,23-26,29-30H,3-14,19-22H2,1-2H3. The molecule has 0 aliphatic heterocycles. The molecule has 1 fully saturated rings. The van der Waals surface area contributed by atoms with Gasteiger partial charge in [-0.25, -0.2) is 0 Å². The lowest BCUT2D eigenvalue weighted by Crippen LogP contribution is -2.30. The summed E-state index contributed by atoms with van der Waals surface area (Å²) in [5.74, 6) is 0.526. The molecule has 4 heteroatoms. The van der Waals surface area contributed by atoms with Crippen LogP contribution in [-0.4, -0.2) is 11.9 Å². The van der Waals surface area contributed by atoms with Gasteiger partial charge in [-0.05, 0) is 86.8 Å². The fourth-order valence-electron chi connectivity index (χ4n) is 5.28. The summed E-state index contributed by atoms with van der Waals surface area (Å²) in [5, 5.41) is 0. The van der Waals surface area contributed by atoms with E-state index in [1.807, 2.05) is 24.3 Å². The molecular weight excluding hydrogens is 472 g/mol. The van der Waals surface area contributed by atoms with E-state index in [-0.39, 0.29) is 23.8 Å². The van der Waals surface area contributed by atoms with Crippen LogP contribution in [0.25, 0.3) is 0 Å². The van der Waals surface area contributed by atoms with Crippen molar-refractivity contribution in [3.05, 3.63) is 59.7 Å². The van der Waals surface area contributed by atoms with Crippen LogP contribution in [0, 0.1) is 11.8 Å². The minimum Gasteiger partial charge on any atom is -0.426 e. The van der Waals surface area contributed by atoms with E-state index in [1.165, 1.54) is 75.3 Å². The quantitative estimate of drug-likeness (QED) is 0.126. The highest BCUT2D eigenvalue weighted by molar-refractivity contribution is 5.77. The van der Waals surface area contributed by atoms with Crippen molar-refractivity contribution < 1.29 is 19.1 Å². The molecule has 0 spiro atoms. The zero-order valence-electron chi connectivity index (χ0n) is 23.7. The van der Waals surface area contributed by atoms with Crippen molar-refractivity contribution in [3.8, 4) is 11.5 Å². The van der Waals surface area contributed by atoms with Gasteiger partial charge in [-0.15, -0.1) is 0 Å². The summed E-state index contributed by atoms with van der Waals surface area (Å²) in [6, 6.07) is 15.9. The number of aryl methyl sites for hydroxylation is 2. The lowest BCUT2D eigenvalue weighted by molar-refractivity contribution is -0.145. The zero-order valence-corrected chi connectivity index (χ0v) is 23.7. The maximum absolute atomic E-state index is 12.7. The number of carbonyl (C=O) groups is 2. The summed E-state index contributed by atoms with van der Waals surface area (Å²) >= 11 is 0. The van der Waals surface area contributed by atoms with Gasteiger partial charge in [0.15, 0.2) is 0 Å². The van der Waals surface area contributed by atoms with E-state index in [1.54, 1.807) is 0 Å². The van der Waals surface area contributed by atoms with Crippen LogP contribution in [0.4, 0.5) is 0 Å².